The first-order valence-electron chi connectivity index (χ1n) is 13.1. The Bertz CT molecular complexity index is 1680. The van der Waals surface area contributed by atoms with Gasteiger partial charge in [-0.1, -0.05) is 0 Å². The van der Waals surface area contributed by atoms with Crippen LogP contribution in [-0.4, -0.2) is 64.6 Å². The highest BCUT2D eigenvalue weighted by molar-refractivity contribution is 5.92. The van der Waals surface area contributed by atoms with E-state index in [0.29, 0.717) is 43.1 Å². The predicted octanol–water partition coefficient (Wildman–Crippen LogP) is 1.91. The maximum Gasteiger partial charge on any atom is 0.359 e. The van der Waals surface area contributed by atoms with E-state index in [0.717, 1.165) is 58.0 Å². The number of carbonyl (C=O) groups is 2. The number of esters is 2. The number of H-pyrrole nitrogens is 1. The van der Waals surface area contributed by atoms with Gasteiger partial charge in [-0.15, -0.1) is 0 Å². The molecule has 0 radical (unpaired) electrons. The standard InChI is InChI=1S/C14H16N4O2.C13H14N4O3/c1-4-20-14(19)12-10-6-5-9-7-15-8(2)16-11(9)13(10)18(3)17-12;1-3-20-12(18)10-8-5-4-7-6-14-13(19)15-9(7)11(8)17(2)16-10/h7H,4-6H2,1-3H3;6H,3-5H2,1-2H3,(H,14,15,19). The molecule has 4 aromatic rings. The van der Waals surface area contributed by atoms with Crippen LogP contribution in [-0.2, 0) is 49.3 Å². The molecule has 0 saturated heterocycles. The Labute approximate surface area is 229 Å². The second-order valence-electron chi connectivity index (χ2n) is 9.42. The molecule has 4 aromatic heterocycles. The minimum Gasteiger partial charge on any atom is -0.461 e. The van der Waals surface area contributed by atoms with E-state index >= 15 is 0 Å². The summed E-state index contributed by atoms with van der Waals surface area (Å²) >= 11 is 0. The Morgan fingerprint density at radius 1 is 0.850 bits per heavy atom. The molecule has 0 unspecified atom stereocenters. The summed E-state index contributed by atoms with van der Waals surface area (Å²) in [5, 5.41) is 8.56. The van der Waals surface area contributed by atoms with Crippen molar-refractivity contribution in [2.45, 2.75) is 46.5 Å². The Morgan fingerprint density at radius 3 is 2.02 bits per heavy atom. The molecule has 6 rings (SSSR count). The van der Waals surface area contributed by atoms with Gasteiger partial charge in [0.05, 0.1) is 36.0 Å². The van der Waals surface area contributed by atoms with E-state index in [1.54, 1.807) is 36.5 Å². The Balaban J connectivity index is 0.000000161. The van der Waals surface area contributed by atoms with Gasteiger partial charge in [0, 0.05) is 37.6 Å². The number of ether oxygens (including phenoxy) is 2. The van der Waals surface area contributed by atoms with E-state index in [4.69, 9.17) is 9.47 Å². The molecule has 0 bridgehead atoms. The first kappa shape index (κ1) is 26.9. The maximum absolute atomic E-state index is 12.0. The third kappa shape index (κ3) is 4.78. The van der Waals surface area contributed by atoms with E-state index in [-0.39, 0.29) is 5.97 Å². The second kappa shape index (κ2) is 10.8. The van der Waals surface area contributed by atoms with Crippen molar-refractivity contribution >= 4 is 11.9 Å². The summed E-state index contributed by atoms with van der Waals surface area (Å²) in [5.41, 5.74) is 7.36. The second-order valence-corrected chi connectivity index (χ2v) is 9.42. The predicted molar refractivity (Wildman–Crippen MR) is 143 cm³/mol. The molecule has 4 heterocycles. The van der Waals surface area contributed by atoms with Crippen LogP contribution in [0.25, 0.3) is 22.8 Å². The Kier molecular flexibility index (Phi) is 7.28. The molecule has 1 N–H and O–H groups in total. The van der Waals surface area contributed by atoms with Crippen molar-refractivity contribution in [3.05, 3.63) is 62.3 Å². The lowest BCUT2D eigenvalue weighted by atomic mass is 9.93. The van der Waals surface area contributed by atoms with Gasteiger partial charge >= 0.3 is 17.6 Å². The molecular weight excluding hydrogens is 516 g/mol. The molecule has 0 atom stereocenters. The van der Waals surface area contributed by atoms with Gasteiger partial charge in [-0.05, 0) is 57.6 Å². The Hall–Kier alpha value is -4.68. The minimum absolute atomic E-state index is 0.307. The maximum atomic E-state index is 12.0. The number of aromatic amines is 1. The summed E-state index contributed by atoms with van der Waals surface area (Å²) in [4.78, 5) is 50.5. The SMILES string of the molecule is CCOC(=O)c1nn(C)c2c1CCc1cnc(=O)[nH]c1-2.CCOC(=O)c1nn(C)c2c1CCc1cnc(C)nc1-2. The molecule has 0 saturated carbocycles. The highest BCUT2D eigenvalue weighted by Gasteiger charge is 2.30. The number of hydrogen-bond donors (Lipinski definition) is 1. The smallest absolute Gasteiger partial charge is 0.359 e. The molecule has 13 heteroatoms. The average molecular weight is 547 g/mol. The number of fused-ring (bicyclic) bond motifs is 6. The van der Waals surface area contributed by atoms with E-state index in [1.807, 2.05) is 20.2 Å². The van der Waals surface area contributed by atoms with Gasteiger partial charge in [-0.2, -0.15) is 10.2 Å². The fourth-order valence-corrected chi connectivity index (χ4v) is 5.17. The number of nitrogens with one attached hydrogen (secondary N) is 1. The molecule has 0 fully saturated rings. The van der Waals surface area contributed by atoms with Crippen LogP contribution >= 0.6 is 0 Å². The van der Waals surface area contributed by atoms with Gasteiger partial charge in [-0.3, -0.25) is 9.36 Å². The van der Waals surface area contributed by atoms with Gasteiger partial charge in [0.2, 0.25) is 0 Å². The van der Waals surface area contributed by atoms with Crippen molar-refractivity contribution < 1.29 is 19.1 Å². The van der Waals surface area contributed by atoms with Crippen LogP contribution in [0.3, 0.4) is 0 Å². The highest BCUT2D eigenvalue weighted by Crippen LogP contribution is 2.34. The molecule has 40 heavy (non-hydrogen) atoms. The fraction of sp³-hybridized carbons (Fsp3) is 0.407. The Morgan fingerprint density at radius 2 is 1.40 bits per heavy atom. The molecule has 0 aliphatic heterocycles. The van der Waals surface area contributed by atoms with Crippen LogP contribution in [0.5, 0.6) is 0 Å². The van der Waals surface area contributed by atoms with Crippen molar-refractivity contribution in [2.24, 2.45) is 14.1 Å². The highest BCUT2D eigenvalue weighted by atomic mass is 16.5. The zero-order valence-electron chi connectivity index (χ0n) is 23.1. The third-order valence-corrected chi connectivity index (χ3v) is 6.85. The molecular formula is C27H30N8O5. The number of hydrogen-bond acceptors (Lipinski definition) is 10. The van der Waals surface area contributed by atoms with Crippen LogP contribution in [0.4, 0.5) is 0 Å². The van der Waals surface area contributed by atoms with Crippen LogP contribution in [0.15, 0.2) is 17.2 Å². The monoisotopic (exact) mass is 546 g/mol. The van der Waals surface area contributed by atoms with Crippen molar-refractivity contribution in [1.29, 1.82) is 0 Å². The lowest BCUT2D eigenvalue weighted by Crippen LogP contribution is -2.17. The van der Waals surface area contributed by atoms with E-state index in [2.05, 4.69) is 30.1 Å². The van der Waals surface area contributed by atoms with E-state index in [1.165, 1.54) is 0 Å². The van der Waals surface area contributed by atoms with Crippen molar-refractivity contribution in [3.63, 3.8) is 0 Å². The zero-order chi connectivity index (χ0) is 28.6. The summed E-state index contributed by atoms with van der Waals surface area (Å²) in [5.74, 6) is -0.0711. The van der Waals surface area contributed by atoms with Crippen molar-refractivity contribution in [3.8, 4) is 22.8 Å². The molecule has 2 aliphatic rings. The summed E-state index contributed by atoms with van der Waals surface area (Å²) in [7, 11) is 3.57. The quantitative estimate of drug-likeness (QED) is 0.375. The number of aromatic nitrogens is 8. The number of carbonyl (C=O) groups excluding carboxylic acids is 2. The van der Waals surface area contributed by atoms with Gasteiger partial charge in [0.25, 0.3) is 0 Å². The zero-order valence-corrected chi connectivity index (χ0v) is 23.1. The summed E-state index contributed by atoms with van der Waals surface area (Å²) in [6.45, 7) is 6.06. The van der Waals surface area contributed by atoms with Crippen molar-refractivity contribution in [1.82, 2.24) is 39.5 Å². The first-order chi connectivity index (χ1) is 19.2. The van der Waals surface area contributed by atoms with Crippen molar-refractivity contribution in [2.75, 3.05) is 13.2 Å². The molecule has 208 valence electrons. The van der Waals surface area contributed by atoms with Crippen LogP contribution in [0.2, 0.25) is 0 Å². The molecule has 13 nitrogen and oxygen atoms in total. The van der Waals surface area contributed by atoms with Crippen LogP contribution in [0, 0.1) is 6.92 Å². The molecule has 0 spiro atoms. The largest absolute Gasteiger partial charge is 0.461 e. The van der Waals surface area contributed by atoms with Crippen LogP contribution in [0.1, 0.15) is 62.9 Å². The average Bonchev–Trinajstić information content (AvgIpc) is 3.46. The molecule has 0 amide bonds. The molecule has 0 aromatic carbocycles. The van der Waals surface area contributed by atoms with Gasteiger partial charge in [0.15, 0.2) is 11.4 Å². The minimum atomic E-state index is -0.427. The first-order valence-corrected chi connectivity index (χ1v) is 13.1. The van der Waals surface area contributed by atoms with E-state index < -0.39 is 11.7 Å². The molecule has 2 aliphatic carbocycles. The summed E-state index contributed by atoms with van der Waals surface area (Å²) in [6, 6.07) is 0. The summed E-state index contributed by atoms with van der Waals surface area (Å²) in [6.07, 6.45) is 6.41. The number of rotatable bonds is 4. The fourth-order valence-electron chi connectivity index (χ4n) is 5.17. The lowest BCUT2D eigenvalue weighted by molar-refractivity contribution is 0.0508. The van der Waals surface area contributed by atoms with Gasteiger partial charge in [-0.25, -0.2) is 29.3 Å². The van der Waals surface area contributed by atoms with Gasteiger partial charge in [0.1, 0.15) is 5.82 Å². The summed E-state index contributed by atoms with van der Waals surface area (Å²) < 4.78 is 13.4. The number of aryl methyl sites for hydroxylation is 5. The van der Waals surface area contributed by atoms with E-state index in [9.17, 15) is 14.4 Å². The lowest BCUT2D eigenvalue weighted by Gasteiger charge is -2.16. The topological polar surface area (TPSA) is 160 Å². The van der Waals surface area contributed by atoms with Crippen LogP contribution < -0.4 is 5.69 Å². The third-order valence-electron chi connectivity index (χ3n) is 6.85. The number of nitrogens with zero attached hydrogens (tertiary/aromatic N) is 7. The normalized spacial score (nSPS) is 12.7. The van der Waals surface area contributed by atoms with Gasteiger partial charge < -0.3 is 14.5 Å².